The molecule has 1 heterocycles. The molecule has 0 bridgehead atoms. The van der Waals surface area contributed by atoms with Gasteiger partial charge < -0.3 is 0 Å². The Morgan fingerprint density at radius 1 is 0.920 bits per heavy atom. The van der Waals surface area contributed by atoms with Crippen LogP contribution in [0.3, 0.4) is 0 Å². The van der Waals surface area contributed by atoms with Crippen LogP contribution < -0.4 is 4.90 Å². The normalized spacial score (nSPS) is 13.4. The zero-order chi connectivity index (χ0) is 17.7. The van der Waals surface area contributed by atoms with Crippen LogP contribution in [0.25, 0.3) is 10.8 Å². The Morgan fingerprint density at radius 2 is 1.60 bits per heavy atom. The summed E-state index contributed by atoms with van der Waals surface area (Å²) in [7, 11) is 0. The molecule has 0 aromatic heterocycles. The Labute approximate surface area is 149 Å². The Balaban J connectivity index is 2.07. The lowest BCUT2D eigenvalue weighted by atomic mass is 9.93. The molecule has 0 aliphatic carbocycles. The number of carbonyl (C=O) groups excluding carboxylic acids is 2. The fraction of sp³-hybridized carbons (Fsp3) is 0. The van der Waals surface area contributed by atoms with E-state index >= 15 is 0 Å². The topological polar surface area (TPSA) is 80.5 Å². The fourth-order valence-electron chi connectivity index (χ4n) is 3.06. The number of imide groups is 1. The minimum Gasteiger partial charge on any atom is -0.268 e. The molecule has 0 N–H and O–H groups in total. The first-order valence-corrected chi connectivity index (χ1v) is 8.13. The molecule has 2 amide bonds. The molecule has 4 rings (SSSR count). The second-order valence-corrected chi connectivity index (χ2v) is 6.32. The summed E-state index contributed by atoms with van der Waals surface area (Å²) in [4.78, 5) is 37.7. The molecule has 25 heavy (non-hydrogen) atoms. The number of hydrogen-bond donors (Lipinski definition) is 0. The zero-order valence-electron chi connectivity index (χ0n) is 12.6. The zero-order valence-corrected chi connectivity index (χ0v) is 14.2. The molecule has 3 aromatic carbocycles. The van der Waals surface area contributed by atoms with Gasteiger partial charge in [0.05, 0.1) is 16.2 Å². The number of anilines is 1. The third kappa shape index (κ3) is 2.16. The van der Waals surface area contributed by atoms with Crippen molar-refractivity contribution in [3.63, 3.8) is 0 Å². The van der Waals surface area contributed by atoms with Crippen molar-refractivity contribution in [2.75, 3.05) is 4.90 Å². The number of hydrogen-bond acceptors (Lipinski definition) is 4. The van der Waals surface area contributed by atoms with Crippen LogP contribution >= 0.6 is 15.9 Å². The van der Waals surface area contributed by atoms with Crippen LogP contribution in [0, 0.1) is 10.1 Å². The van der Waals surface area contributed by atoms with E-state index in [-0.39, 0.29) is 15.7 Å². The summed E-state index contributed by atoms with van der Waals surface area (Å²) in [5, 5.41) is 12.2. The molecule has 0 saturated heterocycles. The number of amides is 2. The summed E-state index contributed by atoms with van der Waals surface area (Å²) in [5.74, 6) is -1.02. The minimum atomic E-state index is -0.574. The highest BCUT2D eigenvalue weighted by molar-refractivity contribution is 9.10. The van der Waals surface area contributed by atoms with Crippen LogP contribution in [-0.4, -0.2) is 16.7 Å². The molecular weight excluding hydrogens is 388 g/mol. The highest BCUT2D eigenvalue weighted by Gasteiger charge is 2.36. The van der Waals surface area contributed by atoms with E-state index in [9.17, 15) is 19.7 Å². The Bertz CT molecular complexity index is 1080. The van der Waals surface area contributed by atoms with Crippen LogP contribution in [0.5, 0.6) is 0 Å². The van der Waals surface area contributed by atoms with Gasteiger partial charge in [-0.25, -0.2) is 4.90 Å². The molecule has 0 fully saturated rings. The van der Waals surface area contributed by atoms with E-state index in [1.165, 1.54) is 6.07 Å². The summed E-state index contributed by atoms with van der Waals surface area (Å²) in [6.07, 6.45) is 0. The smallest absolute Gasteiger partial charge is 0.268 e. The van der Waals surface area contributed by atoms with Crippen molar-refractivity contribution in [1.82, 2.24) is 0 Å². The lowest BCUT2D eigenvalue weighted by molar-refractivity contribution is -0.385. The number of nitrogens with zero attached hydrogens (tertiary/aromatic N) is 2. The van der Waals surface area contributed by atoms with Gasteiger partial charge in [-0.2, -0.15) is 0 Å². The van der Waals surface area contributed by atoms with Gasteiger partial charge >= 0.3 is 0 Å². The van der Waals surface area contributed by atoms with Gasteiger partial charge in [-0.05, 0) is 34.1 Å². The van der Waals surface area contributed by atoms with E-state index in [0.29, 0.717) is 22.0 Å². The summed E-state index contributed by atoms with van der Waals surface area (Å²) in [6.45, 7) is 0. The molecule has 6 nitrogen and oxygen atoms in total. The molecule has 0 unspecified atom stereocenters. The average molecular weight is 397 g/mol. The molecular formula is C18H9BrN2O4. The van der Waals surface area contributed by atoms with Crippen molar-refractivity contribution in [3.8, 4) is 0 Å². The van der Waals surface area contributed by atoms with Gasteiger partial charge in [0.1, 0.15) is 4.47 Å². The number of para-hydroxylation sites is 1. The van der Waals surface area contributed by atoms with Crippen LogP contribution in [0.2, 0.25) is 0 Å². The van der Waals surface area contributed by atoms with E-state index in [1.54, 1.807) is 48.5 Å². The largest absolute Gasteiger partial charge is 0.284 e. The summed E-state index contributed by atoms with van der Waals surface area (Å²) >= 11 is 3.23. The monoisotopic (exact) mass is 396 g/mol. The first-order valence-electron chi connectivity index (χ1n) is 7.34. The maximum absolute atomic E-state index is 13.0. The van der Waals surface area contributed by atoms with Crippen molar-refractivity contribution >= 4 is 49.9 Å². The van der Waals surface area contributed by atoms with Gasteiger partial charge in [-0.1, -0.05) is 30.3 Å². The summed E-state index contributed by atoms with van der Waals surface area (Å²) < 4.78 is 0.256. The maximum Gasteiger partial charge on any atom is 0.284 e. The van der Waals surface area contributed by atoms with Crippen LogP contribution in [0.1, 0.15) is 20.7 Å². The van der Waals surface area contributed by atoms with E-state index in [4.69, 9.17) is 0 Å². The second kappa shape index (κ2) is 5.49. The number of rotatable bonds is 2. The Hall–Kier alpha value is -3.06. The maximum atomic E-state index is 13.0. The van der Waals surface area contributed by atoms with Crippen molar-refractivity contribution in [1.29, 1.82) is 0 Å². The van der Waals surface area contributed by atoms with Crippen molar-refractivity contribution in [2.45, 2.75) is 0 Å². The van der Waals surface area contributed by atoms with Gasteiger partial charge in [0.15, 0.2) is 0 Å². The van der Waals surface area contributed by atoms with Gasteiger partial charge in [-0.3, -0.25) is 19.7 Å². The quantitative estimate of drug-likeness (QED) is 0.367. The lowest BCUT2D eigenvalue weighted by Crippen LogP contribution is -2.40. The predicted octanol–water partition coefficient (Wildman–Crippen LogP) is 4.31. The Kier molecular flexibility index (Phi) is 3.40. The first kappa shape index (κ1) is 15.5. The van der Waals surface area contributed by atoms with E-state index < -0.39 is 16.7 Å². The first-order chi connectivity index (χ1) is 12.0. The van der Waals surface area contributed by atoms with Crippen molar-refractivity contribution < 1.29 is 14.5 Å². The summed E-state index contributed by atoms with van der Waals surface area (Å²) in [5.41, 5.74) is 0.691. The molecule has 7 heteroatoms. The molecule has 0 spiro atoms. The molecule has 122 valence electrons. The van der Waals surface area contributed by atoms with Crippen molar-refractivity contribution in [2.24, 2.45) is 0 Å². The van der Waals surface area contributed by atoms with Gasteiger partial charge in [0.2, 0.25) is 0 Å². The number of nitro groups is 1. The molecule has 0 radical (unpaired) electrons. The number of carbonyl (C=O) groups is 2. The van der Waals surface area contributed by atoms with E-state index in [0.717, 1.165) is 4.90 Å². The highest BCUT2D eigenvalue weighted by atomic mass is 79.9. The molecule has 1 aliphatic rings. The predicted molar refractivity (Wildman–Crippen MR) is 95.9 cm³/mol. The van der Waals surface area contributed by atoms with Crippen LogP contribution in [0.4, 0.5) is 11.4 Å². The minimum absolute atomic E-state index is 0.143. The van der Waals surface area contributed by atoms with Gasteiger partial charge in [-0.15, -0.1) is 0 Å². The molecule has 3 aromatic rings. The highest BCUT2D eigenvalue weighted by Crippen LogP contribution is 2.40. The molecule has 0 atom stereocenters. The lowest BCUT2D eigenvalue weighted by Gasteiger charge is -2.27. The van der Waals surface area contributed by atoms with Crippen LogP contribution in [-0.2, 0) is 0 Å². The summed E-state index contributed by atoms with van der Waals surface area (Å²) in [6, 6.07) is 14.6. The molecule has 1 aliphatic heterocycles. The van der Waals surface area contributed by atoms with Crippen LogP contribution in [0.15, 0.2) is 59.1 Å². The third-order valence-electron chi connectivity index (χ3n) is 4.15. The molecule has 0 saturated carbocycles. The van der Waals surface area contributed by atoms with E-state index in [1.807, 2.05) is 0 Å². The Morgan fingerprint density at radius 3 is 2.28 bits per heavy atom. The van der Waals surface area contributed by atoms with E-state index in [2.05, 4.69) is 15.9 Å². The van der Waals surface area contributed by atoms with Crippen molar-refractivity contribution in [3.05, 3.63) is 80.3 Å². The average Bonchev–Trinajstić information content (AvgIpc) is 2.61. The van der Waals surface area contributed by atoms with Gasteiger partial charge in [0.25, 0.3) is 17.5 Å². The fourth-order valence-corrected chi connectivity index (χ4v) is 3.65. The SMILES string of the molecule is O=C1c2cccc3c(Br)c([N+](=O)[O-])cc(c23)C(=O)N1c1ccccc1. The second-order valence-electron chi connectivity index (χ2n) is 5.52. The number of benzene rings is 3. The third-order valence-corrected chi connectivity index (χ3v) is 4.99. The van der Waals surface area contributed by atoms with Gasteiger partial charge in [0, 0.05) is 22.4 Å². The number of nitro benzene ring substituents is 1. The number of halogens is 1. The standard InChI is InChI=1S/C18H9BrN2O4/c19-16-11-7-4-8-12-15(11)13(9-14(16)21(24)25)18(23)20(17(12)22)10-5-2-1-3-6-10/h1-9H.